The Bertz CT molecular complexity index is 986. The quantitative estimate of drug-likeness (QED) is 0.630. The van der Waals surface area contributed by atoms with E-state index in [-0.39, 0.29) is 6.04 Å². The van der Waals surface area contributed by atoms with E-state index < -0.39 is 0 Å². The molecule has 3 fully saturated rings. The molecule has 0 saturated carbocycles. The summed E-state index contributed by atoms with van der Waals surface area (Å²) in [4.78, 5) is 15.3. The third-order valence-corrected chi connectivity index (χ3v) is 6.43. The molecule has 1 unspecified atom stereocenters. The number of Topliss-reactive ketones (excluding diaryl/α,β-unsaturated/α-hetero) is 1. The first-order valence-electron chi connectivity index (χ1n) is 10.3. The summed E-state index contributed by atoms with van der Waals surface area (Å²) < 4.78 is 0. The molecule has 3 aliphatic heterocycles. The average molecular weight is 367 g/mol. The van der Waals surface area contributed by atoms with Gasteiger partial charge in [-0.25, -0.2) is 0 Å². The number of fused-ring (bicyclic) bond motifs is 3. The molecule has 0 spiro atoms. The van der Waals surface area contributed by atoms with Crippen LogP contribution in [0.4, 0.5) is 0 Å². The van der Waals surface area contributed by atoms with Crippen LogP contribution in [-0.2, 0) is 11.2 Å². The van der Waals surface area contributed by atoms with Gasteiger partial charge in [0.1, 0.15) is 0 Å². The molecule has 3 aromatic carbocycles. The number of hydrogen-bond donors (Lipinski definition) is 0. The largest absolute Gasteiger partial charge is 0.298 e. The Morgan fingerprint density at radius 2 is 1.32 bits per heavy atom. The Morgan fingerprint density at radius 1 is 0.714 bits per heavy atom. The molecule has 140 valence electrons. The summed E-state index contributed by atoms with van der Waals surface area (Å²) >= 11 is 0. The van der Waals surface area contributed by atoms with Gasteiger partial charge in [-0.1, -0.05) is 78.9 Å². The van der Waals surface area contributed by atoms with Crippen LogP contribution in [0.1, 0.15) is 18.4 Å². The molecule has 2 heteroatoms. The molecule has 1 atom stereocenters. The molecule has 2 nitrogen and oxygen atoms in total. The Morgan fingerprint density at radius 3 is 2.04 bits per heavy atom. The maximum absolute atomic E-state index is 12.9. The van der Waals surface area contributed by atoms with Crippen molar-refractivity contribution in [3.05, 3.63) is 84.4 Å². The molecule has 0 aliphatic carbocycles. The van der Waals surface area contributed by atoms with Gasteiger partial charge in [-0.15, -0.1) is 0 Å². The molecule has 0 amide bonds. The molecule has 0 N–H and O–H groups in total. The molecule has 0 aromatic heterocycles. The van der Waals surface area contributed by atoms with Crippen LogP contribution in [0.5, 0.6) is 0 Å². The van der Waals surface area contributed by atoms with E-state index in [4.69, 9.17) is 0 Å². The third kappa shape index (κ3) is 3.08. The van der Waals surface area contributed by atoms with Gasteiger partial charge in [-0.05, 0) is 60.2 Å². The lowest BCUT2D eigenvalue weighted by atomic mass is 9.79. The fraction of sp³-hybridized carbons (Fsp3) is 0.269. The summed E-state index contributed by atoms with van der Waals surface area (Å²) in [5.41, 5.74) is 6.23. The van der Waals surface area contributed by atoms with E-state index >= 15 is 0 Å². The predicted molar refractivity (Wildman–Crippen MR) is 114 cm³/mol. The minimum Gasteiger partial charge on any atom is -0.298 e. The van der Waals surface area contributed by atoms with Crippen molar-refractivity contribution >= 4 is 5.78 Å². The summed E-state index contributed by atoms with van der Waals surface area (Å²) in [6.45, 7) is 2.15. The van der Waals surface area contributed by atoms with Crippen LogP contribution in [0, 0.1) is 5.92 Å². The van der Waals surface area contributed by atoms with Crippen molar-refractivity contribution in [2.24, 2.45) is 5.92 Å². The van der Waals surface area contributed by atoms with Crippen LogP contribution >= 0.6 is 0 Å². The van der Waals surface area contributed by atoms with E-state index in [0.29, 0.717) is 11.7 Å². The van der Waals surface area contributed by atoms with Crippen molar-refractivity contribution in [1.82, 2.24) is 4.90 Å². The number of hydrogen-bond acceptors (Lipinski definition) is 2. The average Bonchev–Trinajstić information content (AvgIpc) is 2.77. The van der Waals surface area contributed by atoms with E-state index in [0.717, 1.165) is 32.4 Å². The highest BCUT2D eigenvalue weighted by molar-refractivity contribution is 5.89. The van der Waals surface area contributed by atoms with Crippen LogP contribution in [0.2, 0.25) is 0 Å². The van der Waals surface area contributed by atoms with E-state index in [1.165, 1.54) is 27.8 Å². The fourth-order valence-electron chi connectivity index (χ4n) is 4.93. The Hall–Kier alpha value is -2.71. The topological polar surface area (TPSA) is 20.3 Å². The van der Waals surface area contributed by atoms with Gasteiger partial charge < -0.3 is 0 Å². The first kappa shape index (κ1) is 17.4. The van der Waals surface area contributed by atoms with Crippen molar-refractivity contribution in [1.29, 1.82) is 0 Å². The van der Waals surface area contributed by atoms with Gasteiger partial charge in [0, 0.05) is 5.92 Å². The zero-order valence-corrected chi connectivity index (χ0v) is 16.1. The Kier molecular flexibility index (Phi) is 4.58. The molecule has 3 saturated heterocycles. The van der Waals surface area contributed by atoms with Gasteiger partial charge in [-0.3, -0.25) is 9.69 Å². The van der Waals surface area contributed by atoms with Gasteiger partial charge >= 0.3 is 0 Å². The number of benzene rings is 3. The summed E-state index contributed by atoms with van der Waals surface area (Å²) in [6, 6.07) is 27.8. The molecular weight excluding hydrogens is 342 g/mol. The van der Waals surface area contributed by atoms with Crippen LogP contribution < -0.4 is 0 Å². The van der Waals surface area contributed by atoms with Gasteiger partial charge in [0.25, 0.3) is 0 Å². The second-order valence-electron chi connectivity index (χ2n) is 8.00. The lowest BCUT2D eigenvalue weighted by Gasteiger charge is -2.44. The number of rotatable bonds is 4. The van der Waals surface area contributed by atoms with Crippen molar-refractivity contribution in [2.75, 3.05) is 13.1 Å². The van der Waals surface area contributed by atoms with Gasteiger partial charge in [0.15, 0.2) is 5.78 Å². The molecule has 2 bridgehead atoms. The van der Waals surface area contributed by atoms with Crippen LogP contribution in [0.15, 0.2) is 78.9 Å². The zero-order valence-electron chi connectivity index (χ0n) is 16.1. The second kappa shape index (κ2) is 7.37. The van der Waals surface area contributed by atoms with E-state index in [9.17, 15) is 4.79 Å². The van der Waals surface area contributed by atoms with Gasteiger partial charge in [-0.2, -0.15) is 0 Å². The van der Waals surface area contributed by atoms with Crippen molar-refractivity contribution in [2.45, 2.75) is 25.3 Å². The first-order valence-corrected chi connectivity index (χ1v) is 10.3. The normalized spacial score (nSPS) is 23.7. The van der Waals surface area contributed by atoms with Crippen LogP contribution in [-0.4, -0.2) is 29.8 Å². The predicted octanol–water partition coefficient (Wildman–Crippen LogP) is 5.23. The highest BCUT2D eigenvalue weighted by Crippen LogP contribution is 2.36. The Labute approximate surface area is 166 Å². The second-order valence-corrected chi connectivity index (χ2v) is 8.00. The molecule has 3 heterocycles. The summed E-state index contributed by atoms with van der Waals surface area (Å²) in [5.74, 6) is 0.752. The van der Waals surface area contributed by atoms with E-state index in [1.54, 1.807) is 0 Å². The maximum Gasteiger partial charge on any atom is 0.153 e. The number of carbonyl (C=O) groups is 1. The van der Waals surface area contributed by atoms with E-state index in [2.05, 4.69) is 83.8 Å². The molecule has 0 radical (unpaired) electrons. The highest BCUT2D eigenvalue weighted by Gasteiger charge is 2.40. The number of carbonyl (C=O) groups excluding carboxylic acids is 1. The monoisotopic (exact) mass is 367 g/mol. The molecule has 6 rings (SSSR count). The summed E-state index contributed by atoms with van der Waals surface area (Å²) in [5, 5.41) is 0. The summed E-state index contributed by atoms with van der Waals surface area (Å²) in [6.07, 6.45) is 2.91. The first-order chi connectivity index (χ1) is 13.8. The van der Waals surface area contributed by atoms with Crippen LogP contribution in [0.3, 0.4) is 0 Å². The number of ketones is 1. The highest BCUT2D eigenvalue weighted by atomic mass is 16.1. The van der Waals surface area contributed by atoms with Crippen LogP contribution in [0.25, 0.3) is 22.3 Å². The SMILES string of the molecule is O=C1C2CCN(CC2)C1Cc1ccccc1-c1ccccc1-c1ccccc1. The summed E-state index contributed by atoms with van der Waals surface area (Å²) in [7, 11) is 0. The van der Waals surface area contributed by atoms with Crippen molar-refractivity contribution < 1.29 is 4.79 Å². The molecule has 3 aromatic rings. The molecular formula is C26H25NO. The smallest absolute Gasteiger partial charge is 0.153 e. The lowest BCUT2D eigenvalue weighted by molar-refractivity contribution is -0.136. The maximum atomic E-state index is 12.9. The zero-order chi connectivity index (χ0) is 18.9. The third-order valence-electron chi connectivity index (χ3n) is 6.43. The fourth-order valence-corrected chi connectivity index (χ4v) is 4.93. The minimum atomic E-state index is 0.0533. The van der Waals surface area contributed by atoms with Gasteiger partial charge in [0.05, 0.1) is 6.04 Å². The number of piperidine rings is 3. The molecule has 28 heavy (non-hydrogen) atoms. The van der Waals surface area contributed by atoms with E-state index in [1.807, 2.05) is 0 Å². The van der Waals surface area contributed by atoms with Crippen molar-refractivity contribution in [3.63, 3.8) is 0 Å². The standard InChI is InChI=1S/C26H25NO/c28-26-20-14-16-27(17-15-20)25(26)18-21-10-4-5-12-23(21)24-13-7-6-11-22(24)19-8-2-1-3-9-19/h1-13,20,25H,14-18H2. The van der Waals surface area contributed by atoms with Gasteiger partial charge in [0.2, 0.25) is 0 Å². The lowest BCUT2D eigenvalue weighted by Crippen LogP contribution is -2.56. The molecule has 3 aliphatic rings. The Balaban J connectivity index is 1.54. The minimum absolute atomic E-state index is 0.0533. The number of nitrogens with zero attached hydrogens (tertiary/aromatic N) is 1. The van der Waals surface area contributed by atoms with Crippen molar-refractivity contribution in [3.8, 4) is 22.3 Å².